The van der Waals surface area contributed by atoms with Gasteiger partial charge in [-0.25, -0.2) is 9.78 Å². The van der Waals surface area contributed by atoms with Crippen LogP contribution in [0, 0.1) is 0 Å². The van der Waals surface area contributed by atoms with E-state index in [4.69, 9.17) is 10.5 Å². The summed E-state index contributed by atoms with van der Waals surface area (Å²) in [7, 11) is 1.30. The summed E-state index contributed by atoms with van der Waals surface area (Å²) in [4.78, 5) is 15.6. The van der Waals surface area contributed by atoms with E-state index in [1.165, 1.54) is 19.4 Å². The van der Waals surface area contributed by atoms with Gasteiger partial charge in [-0.1, -0.05) is 34.1 Å². The first-order valence-corrected chi connectivity index (χ1v) is 6.61. The van der Waals surface area contributed by atoms with Crippen LogP contribution >= 0.6 is 15.9 Å². The van der Waals surface area contributed by atoms with Gasteiger partial charge in [-0.3, -0.25) is 0 Å². The summed E-state index contributed by atoms with van der Waals surface area (Å²) in [5, 5.41) is 0. The molecule has 0 saturated carbocycles. The van der Waals surface area contributed by atoms with E-state index in [-0.39, 0.29) is 11.3 Å². The number of halogens is 1. The van der Waals surface area contributed by atoms with Gasteiger partial charge in [0.15, 0.2) is 0 Å². The molecule has 2 aromatic rings. The third kappa shape index (κ3) is 3.27. The van der Waals surface area contributed by atoms with Gasteiger partial charge in [0.2, 0.25) is 5.88 Å². The normalized spacial score (nSPS) is 10.1. The molecule has 0 spiro atoms. The van der Waals surface area contributed by atoms with Crippen LogP contribution in [0.2, 0.25) is 0 Å². The van der Waals surface area contributed by atoms with E-state index in [2.05, 4.69) is 25.7 Å². The summed E-state index contributed by atoms with van der Waals surface area (Å²) in [6, 6.07) is 9.17. The number of hydrogen-bond acceptors (Lipinski definition) is 5. The molecule has 20 heavy (non-hydrogen) atoms. The molecule has 2 rings (SSSR count). The molecule has 104 valence electrons. The highest BCUT2D eigenvalue weighted by atomic mass is 79.9. The van der Waals surface area contributed by atoms with Gasteiger partial charge >= 0.3 is 5.97 Å². The van der Waals surface area contributed by atoms with Crippen molar-refractivity contribution < 1.29 is 14.3 Å². The van der Waals surface area contributed by atoms with E-state index in [1.54, 1.807) is 0 Å². The second-order valence-electron chi connectivity index (χ2n) is 3.98. The summed E-state index contributed by atoms with van der Waals surface area (Å²) in [5.41, 5.74) is 7.14. The van der Waals surface area contributed by atoms with Gasteiger partial charge in [0.25, 0.3) is 0 Å². The fraction of sp³-hybridized carbons (Fsp3) is 0.143. The van der Waals surface area contributed by atoms with Crippen molar-refractivity contribution in [3.63, 3.8) is 0 Å². The van der Waals surface area contributed by atoms with Crippen LogP contribution in [0.15, 0.2) is 41.0 Å². The van der Waals surface area contributed by atoms with Gasteiger partial charge in [-0.15, -0.1) is 0 Å². The average molecular weight is 337 g/mol. The quantitative estimate of drug-likeness (QED) is 0.869. The standard InChI is InChI=1S/C14H13BrN2O3/c1-19-14(18)10-6-13(17-7-12(10)16)20-8-9-4-2-3-5-11(9)15/h2-7H,8,16H2,1H3. The summed E-state index contributed by atoms with van der Waals surface area (Å²) < 4.78 is 11.2. The van der Waals surface area contributed by atoms with Crippen molar-refractivity contribution in [2.75, 3.05) is 12.8 Å². The van der Waals surface area contributed by atoms with Gasteiger partial charge in [0.05, 0.1) is 24.6 Å². The van der Waals surface area contributed by atoms with Crippen molar-refractivity contribution >= 4 is 27.6 Å². The third-order valence-electron chi connectivity index (χ3n) is 2.65. The second-order valence-corrected chi connectivity index (χ2v) is 4.84. The minimum absolute atomic E-state index is 0.240. The van der Waals surface area contributed by atoms with Crippen LogP contribution in [0.25, 0.3) is 0 Å². The fourth-order valence-corrected chi connectivity index (χ4v) is 1.98. The Bertz CT molecular complexity index is 632. The number of benzene rings is 1. The molecule has 1 aromatic carbocycles. The van der Waals surface area contributed by atoms with Gasteiger partial charge in [0, 0.05) is 16.1 Å². The smallest absolute Gasteiger partial charge is 0.340 e. The van der Waals surface area contributed by atoms with E-state index >= 15 is 0 Å². The van der Waals surface area contributed by atoms with Crippen LogP contribution in [0.3, 0.4) is 0 Å². The molecule has 0 aliphatic carbocycles. The van der Waals surface area contributed by atoms with E-state index < -0.39 is 5.97 Å². The summed E-state index contributed by atoms with van der Waals surface area (Å²) in [6.07, 6.45) is 1.38. The van der Waals surface area contributed by atoms with Crippen molar-refractivity contribution in [3.8, 4) is 5.88 Å². The maximum Gasteiger partial charge on any atom is 0.340 e. The molecule has 0 aliphatic heterocycles. The Hall–Kier alpha value is -2.08. The van der Waals surface area contributed by atoms with E-state index in [0.717, 1.165) is 10.0 Å². The zero-order valence-electron chi connectivity index (χ0n) is 10.8. The fourth-order valence-electron chi connectivity index (χ4n) is 1.58. The predicted molar refractivity (Wildman–Crippen MR) is 78.5 cm³/mol. The molecular weight excluding hydrogens is 324 g/mol. The molecule has 0 radical (unpaired) electrons. The van der Waals surface area contributed by atoms with Crippen molar-refractivity contribution in [2.24, 2.45) is 0 Å². The molecule has 0 fully saturated rings. The molecule has 5 nitrogen and oxygen atoms in total. The summed E-state index contributed by atoms with van der Waals surface area (Å²) >= 11 is 3.44. The average Bonchev–Trinajstić information content (AvgIpc) is 2.47. The Morgan fingerprint density at radius 1 is 1.40 bits per heavy atom. The van der Waals surface area contributed by atoms with Crippen LogP contribution in [0.4, 0.5) is 5.69 Å². The molecular formula is C14H13BrN2O3. The zero-order chi connectivity index (χ0) is 14.5. The van der Waals surface area contributed by atoms with Crippen molar-refractivity contribution in [3.05, 3.63) is 52.1 Å². The number of anilines is 1. The number of rotatable bonds is 4. The first kappa shape index (κ1) is 14.3. The molecule has 0 aliphatic rings. The van der Waals surface area contributed by atoms with Gasteiger partial charge in [-0.2, -0.15) is 0 Å². The maximum atomic E-state index is 11.5. The second kappa shape index (κ2) is 6.38. The van der Waals surface area contributed by atoms with Crippen LogP contribution in [0.1, 0.15) is 15.9 Å². The van der Waals surface area contributed by atoms with Crippen LogP contribution < -0.4 is 10.5 Å². The minimum Gasteiger partial charge on any atom is -0.473 e. The Balaban J connectivity index is 2.14. The topological polar surface area (TPSA) is 74.4 Å². The maximum absolute atomic E-state index is 11.5. The number of carbonyl (C=O) groups is 1. The summed E-state index contributed by atoms with van der Waals surface area (Å²) in [6.45, 7) is 0.332. The van der Waals surface area contributed by atoms with E-state index in [1.807, 2.05) is 24.3 Å². The first-order valence-electron chi connectivity index (χ1n) is 5.82. The van der Waals surface area contributed by atoms with Crippen LogP contribution in [0.5, 0.6) is 5.88 Å². The van der Waals surface area contributed by atoms with E-state index in [0.29, 0.717) is 12.5 Å². The molecule has 0 atom stereocenters. The number of methoxy groups -OCH3 is 1. The highest BCUT2D eigenvalue weighted by molar-refractivity contribution is 9.10. The number of nitrogens with two attached hydrogens (primary N) is 1. The van der Waals surface area contributed by atoms with Gasteiger partial charge < -0.3 is 15.2 Å². The SMILES string of the molecule is COC(=O)c1cc(OCc2ccccc2Br)ncc1N. The number of aromatic nitrogens is 1. The van der Waals surface area contributed by atoms with Crippen LogP contribution in [-0.4, -0.2) is 18.1 Å². The molecule has 0 unspecified atom stereocenters. The molecule has 0 bridgehead atoms. The Labute approximate surface area is 124 Å². The highest BCUT2D eigenvalue weighted by Crippen LogP contribution is 2.21. The van der Waals surface area contributed by atoms with Crippen molar-refractivity contribution in [1.29, 1.82) is 0 Å². The van der Waals surface area contributed by atoms with Crippen LogP contribution in [-0.2, 0) is 11.3 Å². The number of carbonyl (C=O) groups excluding carboxylic acids is 1. The number of pyridine rings is 1. The molecule has 1 aromatic heterocycles. The zero-order valence-corrected chi connectivity index (χ0v) is 12.4. The van der Waals surface area contributed by atoms with Crippen molar-refractivity contribution in [1.82, 2.24) is 4.98 Å². The Morgan fingerprint density at radius 3 is 2.85 bits per heavy atom. The Morgan fingerprint density at radius 2 is 2.15 bits per heavy atom. The number of ether oxygens (including phenoxy) is 2. The van der Waals surface area contributed by atoms with E-state index in [9.17, 15) is 4.79 Å². The number of esters is 1. The molecule has 6 heteroatoms. The Kier molecular flexibility index (Phi) is 4.57. The van der Waals surface area contributed by atoms with Crippen molar-refractivity contribution in [2.45, 2.75) is 6.61 Å². The molecule has 2 N–H and O–H groups in total. The lowest BCUT2D eigenvalue weighted by Gasteiger charge is -2.09. The summed E-state index contributed by atoms with van der Waals surface area (Å²) in [5.74, 6) is -0.203. The number of nitrogen functional groups attached to an aromatic ring is 1. The molecule has 0 saturated heterocycles. The number of hydrogen-bond donors (Lipinski definition) is 1. The number of nitrogens with zero attached hydrogens (tertiary/aromatic N) is 1. The molecule has 1 heterocycles. The lowest BCUT2D eigenvalue weighted by Crippen LogP contribution is -2.07. The lowest BCUT2D eigenvalue weighted by molar-refractivity contribution is 0.0601. The monoisotopic (exact) mass is 336 g/mol. The predicted octanol–water partition coefficient (Wildman–Crippen LogP) is 2.79. The third-order valence-corrected chi connectivity index (χ3v) is 3.42. The largest absolute Gasteiger partial charge is 0.473 e. The molecule has 0 amide bonds. The lowest BCUT2D eigenvalue weighted by atomic mass is 10.2. The first-order chi connectivity index (χ1) is 9.61. The van der Waals surface area contributed by atoms with Gasteiger partial charge in [0.1, 0.15) is 6.61 Å². The van der Waals surface area contributed by atoms with Gasteiger partial charge in [-0.05, 0) is 6.07 Å². The highest BCUT2D eigenvalue weighted by Gasteiger charge is 2.12. The minimum atomic E-state index is -0.518.